The standard InChI is InChI=1S/C15H24N4S/c1-4-7-12-13-14(18(3)17-12)19(15(20)16-13)10(2)11-8-5-6-9-11/h10-11H,4-9H2,1-3H3,(H,16,20). The number of imidazole rings is 1. The van der Waals surface area contributed by atoms with E-state index in [1.165, 1.54) is 25.7 Å². The third-order valence-electron chi connectivity index (χ3n) is 4.74. The SMILES string of the molecule is CCCc1nn(C)c2c1[nH]c(=S)n2C(C)C1CCCC1. The molecule has 0 bridgehead atoms. The van der Waals surface area contributed by atoms with E-state index in [9.17, 15) is 0 Å². The molecule has 1 N–H and O–H groups in total. The number of aromatic amines is 1. The number of hydrogen-bond acceptors (Lipinski definition) is 2. The van der Waals surface area contributed by atoms with Crippen LogP contribution in [0.4, 0.5) is 0 Å². The quantitative estimate of drug-likeness (QED) is 0.860. The highest BCUT2D eigenvalue weighted by Crippen LogP contribution is 2.36. The second kappa shape index (κ2) is 5.35. The summed E-state index contributed by atoms with van der Waals surface area (Å²) in [5.41, 5.74) is 3.45. The fourth-order valence-corrected chi connectivity index (χ4v) is 4.03. The molecule has 5 heteroatoms. The molecule has 0 aromatic carbocycles. The Balaban J connectivity index is 2.10. The van der Waals surface area contributed by atoms with E-state index >= 15 is 0 Å². The maximum absolute atomic E-state index is 5.59. The maximum atomic E-state index is 5.59. The Hall–Kier alpha value is -1.10. The van der Waals surface area contributed by atoms with Gasteiger partial charge in [0.2, 0.25) is 0 Å². The first-order valence-corrected chi connectivity index (χ1v) is 8.20. The van der Waals surface area contributed by atoms with Gasteiger partial charge in [0.05, 0.1) is 5.69 Å². The van der Waals surface area contributed by atoms with Crippen molar-refractivity contribution in [2.75, 3.05) is 0 Å². The van der Waals surface area contributed by atoms with Gasteiger partial charge in [0.1, 0.15) is 5.52 Å². The molecule has 1 unspecified atom stereocenters. The second-order valence-electron chi connectivity index (χ2n) is 6.10. The number of fused-ring (bicyclic) bond motifs is 1. The van der Waals surface area contributed by atoms with Crippen molar-refractivity contribution in [3.63, 3.8) is 0 Å². The first-order valence-electron chi connectivity index (χ1n) is 7.79. The van der Waals surface area contributed by atoms with Gasteiger partial charge in [-0.1, -0.05) is 26.2 Å². The Morgan fingerprint density at radius 1 is 1.40 bits per heavy atom. The van der Waals surface area contributed by atoms with E-state index in [1.54, 1.807) is 0 Å². The molecule has 2 aromatic heterocycles. The summed E-state index contributed by atoms with van der Waals surface area (Å²) in [4.78, 5) is 3.40. The third-order valence-corrected chi connectivity index (χ3v) is 5.04. The Labute approximate surface area is 125 Å². The molecular formula is C15H24N4S. The number of rotatable bonds is 4. The van der Waals surface area contributed by atoms with Gasteiger partial charge in [0.15, 0.2) is 10.4 Å². The molecule has 2 heterocycles. The van der Waals surface area contributed by atoms with Crippen LogP contribution in [0.15, 0.2) is 0 Å². The molecule has 1 fully saturated rings. The van der Waals surface area contributed by atoms with E-state index in [0.717, 1.165) is 40.4 Å². The lowest BCUT2D eigenvalue weighted by molar-refractivity contribution is 0.361. The largest absolute Gasteiger partial charge is 0.328 e. The Morgan fingerprint density at radius 2 is 2.10 bits per heavy atom. The van der Waals surface area contributed by atoms with Gasteiger partial charge < -0.3 is 4.98 Å². The van der Waals surface area contributed by atoms with Crippen molar-refractivity contribution in [1.29, 1.82) is 0 Å². The van der Waals surface area contributed by atoms with Crippen LogP contribution in [0.3, 0.4) is 0 Å². The lowest BCUT2D eigenvalue weighted by Gasteiger charge is -2.21. The molecule has 0 amide bonds. The highest BCUT2D eigenvalue weighted by atomic mass is 32.1. The van der Waals surface area contributed by atoms with Crippen LogP contribution < -0.4 is 0 Å². The minimum Gasteiger partial charge on any atom is -0.328 e. The summed E-state index contributed by atoms with van der Waals surface area (Å²) in [6, 6.07) is 0.462. The van der Waals surface area contributed by atoms with Crippen LogP contribution >= 0.6 is 12.2 Å². The van der Waals surface area contributed by atoms with Gasteiger partial charge in [-0.3, -0.25) is 9.25 Å². The summed E-state index contributed by atoms with van der Waals surface area (Å²) in [7, 11) is 2.03. The molecule has 0 aliphatic heterocycles. The summed E-state index contributed by atoms with van der Waals surface area (Å²) < 4.78 is 5.15. The first kappa shape index (κ1) is 13.9. The zero-order chi connectivity index (χ0) is 14.3. The van der Waals surface area contributed by atoms with Crippen LogP contribution in [0, 0.1) is 10.7 Å². The Bertz CT molecular complexity index is 657. The van der Waals surface area contributed by atoms with Gasteiger partial charge in [0.25, 0.3) is 0 Å². The third kappa shape index (κ3) is 2.12. The van der Waals surface area contributed by atoms with Crippen molar-refractivity contribution in [1.82, 2.24) is 19.3 Å². The van der Waals surface area contributed by atoms with Gasteiger partial charge in [-0.2, -0.15) is 5.10 Å². The van der Waals surface area contributed by atoms with Crippen LogP contribution in [0.1, 0.15) is 57.7 Å². The van der Waals surface area contributed by atoms with Crippen molar-refractivity contribution in [2.24, 2.45) is 13.0 Å². The summed E-state index contributed by atoms with van der Waals surface area (Å²) in [6.45, 7) is 4.50. The fourth-order valence-electron chi connectivity index (χ4n) is 3.68. The molecule has 0 spiro atoms. The molecule has 1 aliphatic rings. The summed E-state index contributed by atoms with van der Waals surface area (Å²) >= 11 is 5.59. The normalized spacial score (nSPS) is 18.1. The van der Waals surface area contributed by atoms with Gasteiger partial charge in [-0.15, -0.1) is 0 Å². The predicted molar refractivity (Wildman–Crippen MR) is 84.6 cm³/mol. The summed E-state index contributed by atoms with van der Waals surface area (Å²) in [6.07, 6.45) is 7.50. The number of hydrogen-bond donors (Lipinski definition) is 1. The smallest absolute Gasteiger partial charge is 0.179 e. The first-order chi connectivity index (χ1) is 9.63. The minimum absolute atomic E-state index is 0.462. The summed E-state index contributed by atoms with van der Waals surface area (Å²) in [5.74, 6) is 0.755. The second-order valence-corrected chi connectivity index (χ2v) is 6.49. The molecule has 1 saturated carbocycles. The molecule has 110 valence electrons. The number of nitrogens with zero attached hydrogens (tertiary/aromatic N) is 3. The van der Waals surface area contributed by atoms with Crippen LogP contribution in [0.2, 0.25) is 0 Å². The molecule has 0 saturated heterocycles. The van der Waals surface area contributed by atoms with E-state index in [4.69, 9.17) is 12.2 Å². The van der Waals surface area contributed by atoms with Crippen LogP contribution in [-0.4, -0.2) is 19.3 Å². The molecule has 1 aliphatic carbocycles. The monoisotopic (exact) mass is 292 g/mol. The maximum Gasteiger partial charge on any atom is 0.179 e. The predicted octanol–water partition coefficient (Wildman–Crippen LogP) is 4.14. The Kier molecular flexibility index (Phi) is 3.71. The number of H-pyrrole nitrogens is 1. The van der Waals surface area contributed by atoms with Crippen LogP contribution in [-0.2, 0) is 13.5 Å². The van der Waals surface area contributed by atoms with E-state index < -0.39 is 0 Å². The fraction of sp³-hybridized carbons (Fsp3) is 0.733. The van der Waals surface area contributed by atoms with Gasteiger partial charge in [0, 0.05) is 13.1 Å². The molecule has 20 heavy (non-hydrogen) atoms. The summed E-state index contributed by atoms with van der Waals surface area (Å²) in [5, 5.41) is 4.67. The van der Waals surface area contributed by atoms with E-state index in [0.29, 0.717) is 6.04 Å². The Morgan fingerprint density at radius 3 is 2.75 bits per heavy atom. The van der Waals surface area contributed by atoms with Crippen molar-refractivity contribution in [3.8, 4) is 0 Å². The lowest BCUT2D eigenvalue weighted by atomic mass is 10.00. The van der Waals surface area contributed by atoms with Crippen molar-refractivity contribution in [2.45, 2.75) is 58.4 Å². The average molecular weight is 292 g/mol. The van der Waals surface area contributed by atoms with Crippen LogP contribution in [0.25, 0.3) is 11.2 Å². The van der Waals surface area contributed by atoms with E-state index in [2.05, 4.69) is 28.5 Å². The lowest BCUT2D eigenvalue weighted by Crippen LogP contribution is -2.15. The van der Waals surface area contributed by atoms with Gasteiger partial charge >= 0.3 is 0 Å². The van der Waals surface area contributed by atoms with E-state index in [1.807, 2.05) is 11.7 Å². The number of aryl methyl sites for hydroxylation is 2. The molecule has 0 radical (unpaired) electrons. The molecule has 4 nitrogen and oxygen atoms in total. The molecule has 2 aromatic rings. The topological polar surface area (TPSA) is 38.5 Å². The highest BCUT2D eigenvalue weighted by molar-refractivity contribution is 7.71. The molecular weight excluding hydrogens is 268 g/mol. The van der Waals surface area contributed by atoms with Crippen molar-refractivity contribution < 1.29 is 0 Å². The zero-order valence-electron chi connectivity index (χ0n) is 12.6. The zero-order valence-corrected chi connectivity index (χ0v) is 13.5. The average Bonchev–Trinajstić information content (AvgIpc) is 3.09. The molecule has 3 rings (SSSR count). The van der Waals surface area contributed by atoms with E-state index in [-0.39, 0.29) is 0 Å². The number of aromatic nitrogens is 4. The minimum atomic E-state index is 0.462. The van der Waals surface area contributed by atoms with Crippen molar-refractivity contribution >= 4 is 23.4 Å². The number of nitrogens with one attached hydrogen (secondary N) is 1. The highest BCUT2D eigenvalue weighted by Gasteiger charge is 2.26. The van der Waals surface area contributed by atoms with Gasteiger partial charge in [-0.25, -0.2) is 0 Å². The van der Waals surface area contributed by atoms with Crippen molar-refractivity contribution in [3.05, 3.63) is 10.5 Å². The van der Waals surface area contributed by atoms with Crippen LogP contribution in [0.5, 0.6) is 0 Å². The van der Waals surface area contributed by atoms with Gasteiger partial charge in [-0.05, 0) is 44.3 Å². The molecule has 1 atom stereocenters.